The van der Waals surface area contributed by atoms with Gasteiger partial charge in [0.05, 0.1) is 5.69 Å². The van der Waals surface area contributed by atoms with Gasteiger partial charge < -0.3 is 5.32 Å². The van der Waals surface area contributed by atoms with Gasteiger partial charge in [0, 0.05) is 24.1 Å². The van der Waals surface area contributed by atoms with Crippen molar-refractivity contribution in [2.24, 2.45) is 0 Å². The molecule has 0 saturated carbocycles. The first-order valence-electron chi connectivity index (χ1n) is 7.14. The minimum Gasteiger partial charge on any atom is -0.370 e. The summed E-state index contributed by atoms with van der Waals surface area (Å²) >= 11 is 0. The van der Waals surface area contributed by atoms with Crippen molar-refractivity contribution in [3.8, 4) is 11.3 Å². The predicted octanol–water partition coefficient (Wildman–Crippen LogP) is 4.11. The van der Waals surface area contributed by atoms with Gasteiger partial charge in [-0.1, -0.05) is 19.9 Å². The van der Waals surface area contributed by atoms with Crippen LogP contribution in [0.5, 0.6) is 0 Å². The molecule has 1 N–H and O–H groups in total. The average molecular weight is 291 g/mol. The highest BCUT2D eigenvalue weighted by atomic mass is 19.2. The molecule has 0 fully saturated rings. The molecule has 0 amide bonds. The van der Waals surface area contributed by atoms with Crippen LogP contribution in [0.2, 0.25) is 0 Å². The number of halogens is 2. The third-order valence-corrected chi connectivity index (χ3v) is 3.26. The normalized spacial score (nSPS) is 10.7. The summed E-state index contributed by atoms with van der Waals surface area (Å²) in [5.74, 6) is -0.449. The SMILES string of the molecule is CCCNc1nc(CC)nc(-c2cccc(F)c2F)c1C. The largest absolute Gasteiger partial charge is 0.370 e. The van der Waals surface area contributed by atoms with Crippen LogP contribution in [-0.2, 0) is 6.42 Å². The van der Waals surface area contributed by atoms with Crippen LogP contribution in [0, 0.1) is 18.6 Å². The van der Waals surface area contributed by atoms with Crippen molar-refractivity contribution < 1.29 is 8.78 Å². The fraction of sp³-hybridized carbons (Fsp3) is 0.375. The minimum atomic E-state index is -0.872. The van der Waals surface area contributed by atoms with E-state index in [0.29, 0.717) is 23.8 Å². The molecule has 0 radical (unpaired) electrons. The Morgan fingerprint density at radius 3 is 2.57 bits per heavy atom. The molecule has 5 heteroatoms. The molecule has 112 valence electrons. The molecule has 0 aliphatic carbocycles. The van der Waals surface area contributed by atoms with Gasteiger partial charge in [-0.05, 0) is 25.5 Å². The van der Waals surface area contributed by atoms with Crippen molar-refractivity contribution in [1.82, 2.24) is 9.97 Å². The topological polar surface area (TPSA) is 37.8 Å². The maximum absolute atomic E-state index is 14.0. The second-order valence-electron chi connectivity index (χ2n) is 4.84. The first kappa shape index (κ1) is 15.4. The third-order valence-electron chi connectivity index (χ3n) is 3.26. The highest BCUT2D eigenvalue weighted by Gasteiger charge is 2.17. The summed E-state index contributed by atoms with van der Waals surface area (Å²) in [6.45, 7) is 6.57. The lowest BCUT2D eigenvalue weighted by Gasteiger charge is -2.14. The molecular weight excluding hydrogens is 272 g/mol. The summed E-state index contributed by atoms with van der Waals surface area (Å²) < 4.78 is 27.5. The zero-order chi connectivity index (χ0) is 15.4. The minimum absolute atomic E-state index is 0.171. The number of aryl methyl sites for hydroxylation is 1. The standard InChI is InChI=1S/C16H19F2N3/c1-4-9-19-16-10(3)15(20-13(5-2)21-16)11-7-6-8-12(17)14(11)18/h6-8H,4-5,9H2,1-3H3,(H,19,20,21). The quantitative estimate of drug-likeness (QED) is 0.900. The van der Waals surface area contributed by atoms with E-state index in [9.17, 15) is 8.78 Å². The predicted molar refractivity (Wildman–Crippen MR) is 80.3 cm³/mol. The Morgan fingerprint density at radius 2 is 1.90 bits per heavy atom. The highest BCUT2D eigenvalue weighted by molar-refractivity contribution is 5.68. The van der Waals surface area contributed by atoms with Crippen molar-refractivity contribution in [1.29, 1.82) is 0 Å². The van der Waals surface area contributed by atoms with E-state index in [1.54, 1.807) is 0 Å². The molecule has 0 aliphatic heterocycles. The van der Waals surface area contributed by atoms with Crippen molar-refractivity contribution in [2.45, 2.75) is 33.6 Å². The van der Waals surface area contributed by atoms with Gasteiger partial charge in [-0.15, -0.1) is 0 Å². The second kappa shape index (κ2) is 6.61. The van der Waals surface area contributed by atoms with Crippen LogP contribution in [0.15, 0.2) is 18.2 Å². The number of hydrogen-bond donors (Lipinski definition) is 1. The Morgan fingerprint density at radius 1 is 1.14 bits per heavy atom. The molecule has 2 aromatic rings. The first-order chi connectivity index (χ1) is 10.1. The molecule has 1 aromatic carbocycles. The maximum Gasteiger partial charge on any atom is 0.168 e. The summed E-state index contributed by atoms with van der Waals surface area (Å²) in [5.41, 5.74) is 1.34. The van der Waals surface area contributed by atoms with Gasteiger partial charge in [0.25, 0.3) is 0 Å². The molecular formula is C16H19F2N3. The second-order valence-corrected chi connectivity index (χ2v) is 4.84. The zero-order valence-electron chi connectivity index (χ0n) is 12.5. The average Bonchev–Trinajstić information content (AvgIpc) is 2.49. The van der Waals surface area contributed by atoms with E-state index in [2.05, 4.69) is 22.2 Å². The van der Waals surface area contributed by atoms with Crippen LogP contribution < -0.4 is 5.32 Å². The number of rotatable bonds is 5. The van der Waals surface area contributed by atoms with Crippen LogP contribution in [-0.4, -0.2) is 16.5 Å². The van der Waals surface area contributed by atoms with Crippen LogP contribution in [0.25, 0.3) is 11.3 Å². The lowest BCUT2D eigenvalue weighted by atomic mass is 10.1. The van der Waals surface area contributed by atoms with E-state index in [1.165, 1.54) is 12.1 Å². The van der Waals surface area contributed by atoms with Gasteiger partial charge in [-0.3, -0.25) is 0 Å². The van der Waals surface area contributed by atoms with Crippen molar-refractivity contribution in [3.63, 3.8) is 0 Å². The van der Waals surface area contributed by atoms with Crippen molar-refractivity contribution >= 4 is 5.82 Å². The number of aromatic nitrogens is 2. The Labute approximate surface area is 123 Å². The van der Waals surface area contributed by atoms with E-state index >= 15 is 0 Å². The van der Waals surface area contributed by atoms with Gasteiger partial charge in [0.15, 0.2) is 11.6 Å². The van der Waals surface area contributed by atoms with Crippen molar-refractivity contribution in [2.75, 3.05) is 11.9 Å². The molecule has 0 saturated heterocycles. The zero-order valence-corrected chi connectivity index (χ0v) is 12.5. The summed E-state index contributed by atoms with van der Waals surface area (Å²) in [4.78, 5) is 8.80. The molecule has 1 aromatic heterocycles. The number of anilines is 1. The van der Waals surface area contributed by atoms with Crippen LogP contribution in [0.1, 0.15) is 31.7 Å². The third kappa shape index (κ3) is 3.17. The van der Waals surface area contributed by atoms with Gasteiger partial charge >= 0.3 is 0 Å². The molecule has 2 rings (SSSR count). The number of nitrogens with one attached hydrogen (secondary N) is 1. The fourth-order valence-electron chi connectivity index (χ4n) is 2.09. The molecule has 0 unspecified atom stereocenters. The van der Waals surface area contributed by atoms with Crippen LogP contribution >= 0.6 is 0 Å². The molecule has 0 aliphatic rings. The molecule has 1 heterocycles. The van der Waals surface area contributed by atoms with Crippen LogP contribution in [0.4, 0.5) is 14.6 Å². The smallest absolute Gasteiger partial charge is 0.168 e. The Hall–Kier alpha value is -2.04. The molecule has 21 heavy (non-hydrogen) atoms. The van der Waals surface area contributed by atoms with E-state index in [1.807, 2.05) is 13.8 Å². The van der Waals surface area contributed by atoms with Gasteiger partial charge in [0.1, 0.15) is 11.6 Å². The van der Waals surface area contributed by atoms with Crippen LogP contribution in [0.3, 0.4) is 0 Å². The fourth-order valence-corrected chi connectivity index (χ4v) is 2.09. The Bertz CT molecular complexity index is 642. The summed E-state index contributed by atoms with van der Waals surface area (Å²) in [5, 5.41) is 3.21. The van der Waals surface area contributed by atoms with E-state index in [0.717, 1.165) is 24.6 Å². The van der Waals surface area contributed by atoms with E-state index in [4.69, 9.17) is 0 Å². The van der Waals surface area contributed by atoms with E-state index < -0.39 is 11.6 Å². The van der Waals surface area contributed by atoms with Crippen molar-refractivity contribution in [3.05, 3.63) is 41.2 Å². The lowest BCUT2D eigenvalue weighted by molar-refractivity contribution is 0.511. The summed E-state index contributed by atoms with van der Waals surface area (Å²) in [6, 6.07) is 4.13. The molecule has 0 spiro atoms. The number of benzene rings is 1. The summed E-state index contributed by atoms with van der Waals surface area (Å²) in [6.07, 6.45) is 1.58. The highest BCUT2D eigenvalue weighted by Crippen LogP contribution is 2.29. The first-order valence-corrected chi connectivity index (χ1v) is 7.14. The number of hydrogen-bond acceptors (Lipinski definition) is 3. The van der Waals surface area contributed by atoms with Gasteiger partial charge in [-0.2, -0.15) is 0 Å². The van der Waals surface area contributed by atoms with E-state index in [-0.39, 0.29) is 5.56 Å². The monoisotopic (exact) mass is 291 g/mol. The number of nitrogens with zero attached hydrogens (tertiary/aromatic N) is 2. The molecule has 0 atom stereocenters. The van der Waals surface area contributed by atoms with Gasteiger partial charge in [0.2, 0.25) is 0 Å². The summed E-state index contributed by atoms with van der Waals surface area (Å²) in [7, 11) is 0. The van der Waals surface area contributed by atoms with Gasteiger partial charge in [-0.25, -0.2) is 18.7 Å². The maximum atomic E-state index is 14.0. The lowest BCUT2D eigenvalue weighted by Crippen LogP contribution is -2.09. The Balaban J connectivity index is 2.59. The Kier molecular flexibility index (Phi) is 4.83. The molecule has 0 bridgehead atoms. The molecule has 3 nitrogen and oxygen atoms in total.